The molecule has 6 rings (SSSR count). The molecular formula is C33H39F2N9O4S. The van der Waals surface area contributed by atoms with E-state index in [1.807, 2.05) is 6.07 Å². The summed E-state index contributed by atoms with van der Waals surface area (Å²) in [6.07, 6.45) is 0. The summed E-state index contributed by atoms with van der Waals surface area (Å²) < 4.78 is 57.9. The zero-order valence-corrected chi connectivity index (χ0v) is 29.0. The van der Waals surface area contributed by atoms with Crippen LogP contribution in [0.3, 0.4) is 0 Å². The van der Waals surface area contributed by atoms with E-state index in [0.717, 1.165) is 48.3 Å². The number of piperazine rings is 1. The Balaban J connectivity index is 1.32. The highest BCUT2D eigenvalue weighted by atomic mass is 32.2. The van der Waals surface area contributed by atoms with Crippen molar-refractivity contribution in [2.75, 3.05) is 55.3 Å². The topological polar surface area (TPSA) is 149 Å². The summed E-state index contributed by atoms with van der Waals surface area (Å²) in [4.78, 5) is 31.5. The summed E-state index contributed by atoms with van der Waals surface area (Å²) in [5, 5.41) is 17.4. The molecule has 0 atom stereocenters. The number of nitrogens with one attached hydrogen (secondary N) is 3. The zero-order valence-electron chi connectivity index (χ0n) is 28.2. The Bertz CT molecular complexity index is 2050. The number of aryl methyl sites for hydroxylation is 2. The fourth-order valence-electron chi connectivity index (χ4n) is 6.49. The smallest absolute Gasteiger partial charge is 0.259 e. The molecule has 0 spiro atoms. The quantitative estimate of drug-likeness (QED) is 0.265. The third kappa shape index (κ3) is 6.55. The predicted molar refractivity (Wildman–Crippen MR) is 180 cm³/mol. The van der Waals surface area contributed by atoms with Crippen LogP contribution in [0.25, 0.3) is 0 Å². The van der Waals surface area contributed by atoms with E-state index in [-0.39, 0.29) is 30.2 Å². The van der Waals surface area contributed by atoms with E-state index in [2.05, 4.69) is 42.8 Å². The second-order valence-corrected chi connectivity index (χ2v) is 15.2. The Kier molecular flexibility index (Phi) is 8.83. The number of likely N-dealkylation sites (N-methyl/N-ethyl adjacent to an activating group) is 1. The Hall–Kier alpha value is -4.67. The minimum Gasteiger partial charge on any atom is -0.369 e. The number of fused-ring (bicyclic) bond motifs is 1. The molecule has 0 radical (unpaired) electrons. The van der Waals surface area contributed by atoms with Crippen molar-refractivity contribution in [2.24, 2.45) is 7.05 Å². The summed E-state index contributed by atoms with van der Waals surface area (Å²) in [7, 11) is -0.524. The van der Waals surface area contributed by atoms with E-state index < -0.39 is 43.8 Å². The van der Waals surface area contributed by atoms with Crippen LogP contribution in [-0.2, 0) is 29.0 Å². The molecule has 2 aromatic heterocycles. The van der Waals surface area contributed by atoms with Gasteiger partial charge in [0.15, 0.2) is 5.82 Å². The second-order valence-electron chi connectivity index (χ2n) is 13.3. The molecule has 13 nitrogen and oxygen atoms in total. The molecule has 0 aliphatic carbocycles. The van der Waals surface area contributed by atoms with Gasteiger partial charge in [0.25, 0.3) is 11.8 Å². The van der Waals surface area contributed by atoms with Crippen LogP contribution in [-0.4, -0.2) is 89.2 Å². The summed E-state index contributed by atoms with van der Waals surface area (Å²) in [5.41, 5.74) is 3.13. The average molecular weight is 696 g/mol. The van der Waals surface area contributed by atoms with Crippen molar-refractivity contribution < 1.29 is 26.8 Å². The first-order valence-electron chi connectivity index (χ1n) is 15.8. The Morgan fingerprint density at radius 3 is 2.24 bits per heavy atom. The lowest BCUT2D eigenvalue weighted by Gasteiger charge is -2.36. The number of nitrogens with zero attached hydrogens (tertiary/aromatic N) is 6. The van der Waals surface area contributed by atoms with Crippen LogP contribution >= 0.6 is 0 Å². The standard InChI is InChI=1S/C33H39F2N9O4S/c1-19-28(20(2)42(6)40-19)32(46)36-27-16-23(43-11-9-41(5)10-12-43)7-8-25(27)31(45)37-30-26-17-44(18-33(3,4)29(26)38-39-30)49(47,48)24-14-21(34)13-22(35)15-24/h7-8,13-16H,9-12,17-18H2,1-6H3,(H,36,46)(H2,37,38,39,45). The molecule has 2 aliphatic heterocycles. The average Bonchev–Trinajstić information content (AvgIpc) is 3.55. The summed E-state index contributed by atoms with van der Waals surface area (Å²) in [5.74, 6) is -2.93. The van der Waals surface area contributed by atoms with Crippen molar-refractivity contribution >= 4 is 39.0 Å². The Morgan fingerprint density at radius 2 is 1.61 bits per heavy atom. The number of aromatic nitrogens is 4. The third-order valence-electron chi connectivity index (χ3n) is 9.26. The van der Waals surface area contributed by atoms with E-state index in [0.29, 0.717) is 34.3 Å². The minimum absolute atomic E-state index is 0.00679. The lowest BCUT2D eigenvalue weighted by atomic mass is 9.84. The number of carbonyl (C=O) groups is 2. The van der Waals surface area contributed by atoms with E-state index in [4.69, 9.17) is 0 Å². The highest BCUT2D eigenvalue weighted by Gasteiger charge is 2.41. The number of hydrogen-bond acceptors (Lipinski definition) is 8. The number of sulfonamides is 1. The van der Waals surface area contributed by atoms with Gasteiger partial charge in [-0.1, -0.05) is 13.8 Å². The molecule has 49 heavy (non-hydrogen) atoms. The van der Waals surface area contributed by atoms with Crippen LogP contribution in [0.1, 0.15) is 57.2 Å². The van der Waals surface area contributed by atoms with Gasteiger partial charge in [0.2, 0.25) is 10.0 Å². The molecule has 0 saturated carbocycles. The number of anilines is 3. The third-order valence-corrected chi connectivity index (χ3v) is 11.0. The van der Waals surface area contributed by atoms with E-state index in [9.17, 15) is 26.8 Å². The van der Waals surface area contributed by atoms with Crippen LogP contribution in [0, 0.1) is 25.5 Å². The predicted octanol–water partition coefficient (Wildman–Crippen LogP) is 3.78. The Morgan fingerprint density at radius 1 is 0.939 bits per heavy atom. The van der Waals surface area contributed by atoms with Gasteiger partial charge in [-0.15, -0.1) is 0 Å². The minimum atomic E-state index is -4.33. The van der Waals surface area contributed by atoms with Gasteiger partial charge in [-0.05, 0) is 51.2 Å². The van der Waals surface area contributed by atoms with Crippen LogP contribution in [0.4, 0.5) is 26.0 Å². The van der Waals surface area contributed by atoms with E-state index >= 15 is 0 Å². The molecule has 4 aromatic rings. The van der Waals surface area contributed by atoms with Gasteiger partial charge < -0.3 is 20.4 Å². The molecule has 2 amide bonds. The maximum atomic E-state index is 14.0. The van der Waals surface area contributed by atoms with Crippen molar-refractivity contribution in [1.29, 1.82) is 0 Å². The fraction of sp³-hybridized carbons (Fsp3) is 0.394. The first kappa shape index (κ1) is 34.2. The molecule has 0 unspecified atom stereocenters. The van der Waals surface area contributed by atoms with Crippen molar-refractivity contribution in [3.63, 3.8) is 0 Å². The number of carbonyl (C=O) groups excluding carboxylic acids is 2. The van der Waals surface area contributed by atoms with E-state index in [1.54, 1.807) is 51.6 Å². The number of aromatic amines is 1. The van der Waals surface area contributed by atoms with Crippen molar-refractivity contribution in [2.45, 2.75) is 44.6 Å². The highest BCUT2D eigenvalue weighted by molar-refractivity contribution is 7.89. The Labute approximate surface area is 283 Å². The van der Waals surface area contributed by atoms with Gasteiger partial charge in [0.1, 0.15) is 11.6 Å². The van der Waals surface area contributed by atoms with Gasteiger partial charge in [-0.3, -0.25) is 19.4 Å². The highest BCUT2D eigenvalue weighted by Crippen LogP contribution is 2.38. The van der Waals surface area contributed by atoms with Gasteiger partial charge in [0.05, 0.1) is 27.4 Å². The maximum absolute atomic E-state index is 14.0. The van der Waals surface area contributed by atoms with Crippen LogP contribution in [0.15, 0.2) is 41.3 Å². The number of hydrogen-bond donors (Lipinski definition) is 3. The van der Waals surface area contributed by atoms with E-state index in [1.165, 1.54) is 0 Å². The molecule has 4 heterocycles. The molecule has 1 fully saturated rings. The molecule has 260 valence electrons. The van der Waals surface area contributed by atoms with Crippen molar-refractivity contribution in [1.82, 2.24) is 29.2 Å². The zero-order chi connectivity index (χ0) is 35.4. The summed E-state index contributed by atoms with van der Waals surface area (Å²) in [6, 6.07) is 7.39. The number of amides is 2. The molecule has 0 bridgehead atoms. The molecule has 2 aliphatic rings. The molecule has 2 aromatic carbocycles. The van der Waals surface area contributed by atoms with Gasteiger partial charge in [-0.2, -0.15) is 14.5 Å². The molecule has 1 saturated heterocycles. The SMILES string of the molecule is Cc1nn(C)c(C)c1C(=O)Nc1cc(N2CCN(C)CC2)ccc1C(=O)Nc1n[nH]c2c1CN(S(=O)(=O)c1cc(F)cc(F)c1)CC2(C)C. The van der Waals surface area contributed by atoms with Gasteiger partial charge in [-0.25, -0.2) is 17.2 Å². The monoisotopic (exact) mass is 695 g/mol. The van der Waals surface area contributed by atoms with Crippen LogP contribution in [0.2, 0.25) is 0 Å². The first-order chi connectivity index (χ1) is 23.0. The van der Waals surface area contributed by atoms with Crippen LogP contribution < -0.4 is 15.5 Å². The number of rotatable bonds is 7. The van der Waals surface area contributed by atoms with Crippen LogP contribution in [0.5, 0.6) is 0 Å². The molecular weight excluding hydrogens is 656 g/mol. The lowest BCUT2D eigenvalue weighted by Crippen LogP contribution is -2.45. The lowest BCUT2D eigenvalue weighted by molar-refractivity contribution is 0.102. The molecule has 16 heteroatoms. The molecule has 3 N–H and O–H groups in total. The number of benzene rings is 2. The second kappa shape index (κ2) is 12.7. The van der Waals surface area contributed by atoms with Gasteiger partial charge >= 0.3 is 0 Å². The van der Waals surface area contributed by atoms with Crippen molar-refractivity contribution in [3.05, 3.63) is 81.8 Å². The first-order valence-corrected chi connectivity index (χ1v) is 17.2. The summed E-state index contributed by atoms with van der Waals surface area (Å²) in [6.45, 7) is 10.2. The normalized spacial score (nSPS) is 16.8. The van der Waals surface area contributed by atoms with Crippen molar-refractivity contribution in [3.8, 4) is 0 Å². The fourth-order valence-corrected chi connectivity index (χ4v) is 8.10. The summed E-state index contributed by atoms with van der Waals surface area (Å²) >= 11 is 0. The number of H-pyrrole nitrogens is 1. The number of halogens is 2. The largest absolute Gasteiger partial charge is 0.369 e. The van der Waals surface area contributed by atoms with Gasteiger partial charge in [0, 0.05) is 80.4 Å². The maximum Gasteiger partial charge on any atom is 0.259 e.